The zero-order chi connectivity index (χ0) is 8.81. The van der Waals surface area contributed by atoms with Crippen LogP contribution in [-0.2, 0) is 4.74 Å². The molecule has 1 aliphatic heterocycles. The normalized spacial score (nSPS) is 29.2. The van der Waals surface area contributed by atoms with Crippen molar-refractivity contribution in [2.75, 3.05) is 19.8 Å². The molecule has 0 radical (unpaired) electrons. The van der Waals surface area contributed by atoms with Crippen molar-refractivity contribution in [2.45, 2.75) is 26.3 Å². The summed E-state index contributed by atoms with van der Waals surface area (Å²) in [7, 11) is 0. The van der Waals surface area contributed by atoms with E-state index in [1.807, 2.05) is 6.92 Å². The van der Waals surface area contributed by atoms with E-state index in [9.17, 15) is 0 Å². The van der Waals surface area contributed by atoms with Gasteiger partial charge in [0.1, 0.15) is 0 Å². The fraction of sp³-hybridized carbons (Fsp3) is 0.800. The van der Waals surface area contributed by atoms with Crippen molar-refractivity contribution >= 4 is 0 Å². The van der Waals surface area contributed by atoms with Gasteiger partial charge in [0.15, 0.2) is 0 Å². The highest BCUT2D eigenvalue weighted by atomic mass is 16.5. The highest BCUT2D eigenvalue weighted by molar-refractivity contribution is 4.98. The van der Waals surface area contributed by atoms with Crippen LogP contribution in [0.25, 0.3) is 0 Å². The quantitative estimate of drug-likeness (QED) is 0.620. The SMILES string of the molecule is CC#CCNC1CCOCC1C. The summed E-state index contributed by atoms with van der Waals surface area (Å²) in [6.45, 7) is 6.68. The second-order valence-electron chi connectivity index (χ2n) is 3.26. The summed E-state index contributed by atoms with van der Waals surface area (Å²) in [4.78, 5) is 0. The van der Waals surface area contributed by atoms with Crippen molar-refractivity contribution in [1.82, 2.24) is 5.32 Å². The van der Waals surface area contributed by atoms with Crippen LogP contribution >= 0.6 is 0 Å². The molecule has 0 spiro atoms. The monoisotopic (exact) mass is 167 g/mol. The molecule has 0 amide bonds. The molecule has 0 aromatic rings. The molecular weight excluding hydrogens is 150 g/mol. The smallest absolute Gasteiger partial charge is 0.0578 e. The minimum Gasteiger partial charge on any atom is -0.381 e. The van der Waals surface area contributed by atoms with Crippen LogP contribution in [0, 0.1) is 17.8 Å². The molecule has 0 bridgehead atoms. The van der Waals surface area contributed by atoms with Crippen LogP contribution in [0.2, 0.25) is 0 Å². The predicted molar refractivity (Wildman–Crippen MR) is 49.8 cm³/mol. The van der Waals surface area contributed by atoms with E-state index in [-0.39, 0.29) is 0 Å². The van der Waals surface area contributed by atoms with Crippen molar-refractivity contribution in [3.8, 4) is 11.8 Å². The van der Waals surface area contributed by atoms with Crippen LogP contribution in [0.1, 0.15) is 20.3 Å². The van der Waals surface area contributed by atoms with Crippen LogP contribution in [0.5, 0.6) is 0 Å². The van der Waals surface area contributed by atoms with Gasteiger partial charge in [-0.1, -0.05) is 12.8 Å². The Bertz CT molecular complexity index is 180. The van der Waals surface area contributed by atoms with Crippen molar-refractivity contribution in [2.24, 2.45) is 5.92 Å². The van der Waals surface area contributed by atoms with Crippen LogP contribution in [0.15, 0.2) is 0 Å². The second-order valence-corrected chi connectivity index (χ2v) is 3.26. The topological polar surface area (TPSA) is 21.3 Å². The van der Waals surface area contributed by atoms with Gasteiger partial charge >= 0.3 is 0 Å². The summed E-state index contributed by atoms with van der Waals surface area (Å²) in [6, 6.07) is 0.597. The average Bonchev–Trinajstić information content (AvgIpc) is 2.09. The summed E-state index contributed by atoms with van der Waals surface area (Å²) >= 11 is 0. The minimum atomic E-state index is 0.597. The molecule has 0 aromatic heterocycles. The molecule has 1 saturated heterocycles. The first-order chi connectivity index (χ1) is 5.84. The van der Waals surface area contributed by atoms with Gasteiger partial charge in [0.05, 0.1) is 13.2 Å². The fourth-order valence-electron chi connectivity index (χ4n) is 1.45. The Morgan fingerprint density at radius 3 is 3.08 bits per heavy atom. The lowest BCUT2D eigenvalue weighted by molar-refractivity contribution is 0.0402. The molecule has 1 N–H and O–H groups in total. The lowest BCUT2D eigenvalue weighted by Crippen LogP contribution is -2.41. The van der Waals surface area contributed by atoms with Crippen LogP contribution in [0.4, 0.5) is 0 Å². The van der Waals surface area contributed by atoms with E-state index in [2.05, 4.69) is 24.1 Å². The molecule has 12 heavy (non-hydrogen) atoms. The van der Waals surface area contributed by atoms with E-state index in [1.54, 1.807) is 0 Å². The largest absolute Gasteiger partial charge is 0.381 e. The van der Waals surface area contributed by atoms with E-state index in [0.29, 0.717) is 12.0 Å². The summed E-state index contributed by atoms with van der Waals surface area (Å²) in [5.74, 6) is 6.52. The van der Waals surface area contributed by atoms with Crippen molar-refractivity contribution in [3.05, 3.63) is 0 Å². The molecule has 0 saturated carbocycles. The Balaban J connectivity index is 2.23. The van der Waals surface area contributed by atoms with Gasteiger partial charge in [-0.15, -0.1) is 5.92 Å². The Kier molecular flexibility index (Phi) is 4.13. The number of hydrogen-bond acceptors (Lipinski definition) is 2. The standard InChI is InChI=1S/C10H17NO/c1-3-4-6-11-10-5-7-12-8-9(10)2/h9-11H,5-8H2,1-2H3. The number of nitrogens with one attached hydrogen (secondary N) is 1. The molecule has 2 heteroatoms. The molecule has 1 fully saturated rings. The zero-order valence-electron chi connectivity index (χ0n) is 7.89. The molecule has 2 nitrogen and oxygen atoms in total. The van der Waals surface area contributed by atoms with E-state index < -0.39 is 0 Å². The zero-order valence-corrected chi connectivity index (χ0v) is 7.89. The number of hydrogen-bond donors (Lipinski definition) is 1. The maximum Gasteiger partial charge on any atom is 0.0578 e. The van der Waals surface area contributed by atoms with Gasteiger partial charge in [-0.3, -0.25) is 0 Å². The Morgan fingerprint density at radius 1 is 1.58 bits per heavy atom. The summed E-state index contributed by atoms with van der Waals surface area (Å²) in [6.07, 6.45) is 1.12. The first-order valence-corrected chi connectivity index (χ1v) is 4.55. The number of ether oxygens (including phenoxy) is 1. The highest BCUT2D eigenvalue weighted by Gasteiger charge is 2.20. The van der Waals surface area contributed by atoms with Gasteiger partial charge < -0.3 is 10.1 Å². The third kappa shape index (κ3) is 2.84. The Labute approximate surface area is 74.7 Å². The van der Waals surface area contributed by atoms with Crippen LogP contribution < -0.4 is 5.32 Å². The molecule has 2 unspecified atom stereocenters. The van der Waals surface area contributed by atoms with E-state index in [4.69, 9.17) is 4.74 Å². The lowest BCUT2D eigenvalue weighted by atomic mass is 9.98. The molecule has 1 heterocycles. The summed E-state index contributed by atoms with van der Waals surface area (Å²) in [5.41, 5.74) is 0. The van der Waals surface area contributed by atoms with Crippen molar-refractivity contribution < 1.29 is 4.74 Å². The lowest BCUT2D eigenvalue weighted by Gasteiger charge is -2.28. The van der Waals surface area contributed by atoms with E-state index >= 15 is 0 Å². The minimum absolute atomic E-state index is 0.597. The molecule has 1 rings (SSSR count). The van der Waals surface area contributed by atoms with Crippen LogP contribution in [0.3, 0.4) is 0 Å². The van der Waals surface area contributed by atoms with E-state index in [0.717, 1.165) is 26.2 Å². The van der Waals surface area contributed by atoms with Gasteiger partial charge in [0.25, 0.3) is 0 Å². The van der Waals surface area contributed by atoms with Gasteiger partial charge in [0.2, 0.25) is 0 Å². The Morgan fingerprint density at radius 2 is 2.42 bits per heavy atom. The molecular formula is C10H17NO. The van der Waals surface area contributed by atoms with Gasteiger partial charge in [-0.25, -0.2) is 0 Å². The van der Waals surface area contributed by atoms with Crippen molar-refractivity contribution in [1.29, 1.82) is 0 Å². The van der Waals surface area contributed by atoms with E-state index in [1.165, 1.54) is 0 Å². The van der Waals surface area contributed by atoms with Crippen molar-refractivity contribution in [3.63, 3.8) is 0 Å². The first-order valence-electron chi connectivity index (χ1n) is 4.55. The molecule has 0 aromatic carbocycles. The molecule has 0 aliphatic carbocycles. The predicted octanol–water partition coefficient (Wildman–Crippen LogP) is 1.02. The first kappa shape index (κ1) is 9.57. The maximum absolute atomic E-state index is 5.34. The van der Waals surface area contributed by atoms with Gasteiger partial charge in [-0.05, 0) is 19.3 Å². The third-order valence-corrected chi connectivity index (χ3v) is 2.27. The molecule has 2 atom stereocenters. The average molecular weight is 167 g/mol. The summed E-state index contributed by atoms with van der Waals surface area (Å²) < 4.78 is 5.34. The molecule has 68 valence electrons. The Hall–Kier alpha value is -0.520. The third-order valence-electron chi connectivity index (χ3n) is 2.27. The summed E-state index contributed by atoms with van der Waals surface area (Å²) in [5, 5.41) is 3.42. The highest BCUT2D eigenvalue weighted by Crippen LogP contribution is 2.12. The van der Waals surface area contributed by atoms with Gasteiger partial charge in [0, 0.05) is 12.6 Å². The van der Waals surface area contributed by atoms with Crippen LogP contribution in [-0.4, -0.2) is 25.8 Å². The molecule has 1 aliphatic rings. The maximum atomic E-state index is 5.34. The second kappa shape index (κ2) is 5.18. The van der Waals surface area contributed by atoms with Gasteiger partial charge in [-0.2, -0.15) is 0 Å². The number of rotatable bonds is 2. The fourth-order valence-corrected chi connectivity index (χ4v) is 1.45.